The number of hydrogen-bond donors (Lipinski definition) is 0. The van der Waals surface area contributed by atoms with Crippen molar-refractivity contribution < 1.29 is 14.3 Å². The van der Waals surface area contributed by atoms with Crippen molar-refractivity contribution in [3.8, 4) is 0 Å². The van der Waals surface area contributed by atoms with Crippen LogP contribution in [0, 0.1) is 0 Å². The van der Waals surface area contributed by atoms with E-state index in [9.17, 15) is 9.59 Å². The number of amides is 1. The van der Waals surface area contributed by atoms with E-state index in [1.165, 1.54) is 4.90 Å². The molecule has 1 aromatic heterocycles. The van der Waals surface area contributed by atoms with E-state index in [1.54, 1.807) is 37.6 Å². The maximum absolute atomic E-state index is 12.4. The Kier molecular flexibility index (Phi) is 6.19. The summed E-state index contributed by atoms with van der Waals surface area (Å²) in [6.07, 6.45) is 0.693. The number of likely N-dealkylation sites (N-methyl/N-ethyl adjacent to an activating group) is 1. The number of ether oxygens (including phenoxy) is 1. The quantitative estimate of drug-likeness (QED) is 0.580. The molecule has 27 heavy (non-hydrogen) atoms. The Labute approximate surface area is 162 Å². The Morgan fingerprint density at radius 2 is 1.78 bits per heavy atom. The van der Waals surface area contributed by atoms with E-state index in [4.69, 9.17) is 4.74 Å². The van der Waals surface area contributed by atoms with Crippen molar-refractivity contribution in [2.45, 2.75) is 25.4 Å². The first-order valence-corrected chi connectivity index (χ1v) is 9.66. The summed E-state index contributed by atoms with van der Waals surface area (Å²) in [5.74, 6) is -0.624. The molecule has 1 heterocycles. The summed E-state index contributed by atoms with van der Waals surface area (Å²) in [5, 5.41) is 1.01. The van der Waals surface area contributed by atoms with Gasteiger partial charge in [-0.3, -0.25) is 9.59 Å². The van der Waals surface area contributed by atoms with Crippen LogP contribution in [0.15, 0.2) is 54.6 Å². The molecule has 2 aromatic carbocycles. The van der Waals surface area contributed by atoms with Gasteiger partial charge in [-0.25, -0.2) is 4.98 Å². The van der Waals surface area contributed by atoms with Crippen LogP contribution in [-0.4, -0.2) is 35.9 Å². The smallest absolute Gasteiger partial charge is 0.306 e. The first-order valence-electron chi connectivity index (χ1n) is 8.84. The van der Waals surface area contributed by atoms with Crippen LogP contribution >= 0.6 is 11.3 Å². The molecule has 3 aromatic rings. The number of thiazole rings is 1. The molecule has 0 radical (unpaired) electrons. The van der Waals surface area contributed by atoms with E-state index in [0.717, 1.165) is 15.2 Å². The van der Waals surface area contributed by atoms with E-state index >= 15 is 0 Å². The number of rotatable bonds is 7. The number of benzene rings is 2. The number of fused-ring (bicyclic) bond motifs is 1. The molecule has 0 aliphatic heterocycles. The van der Waals surface area contributed by atoms with Gasteiger partial charge in [0, 0.05) is 26.1 Å². The second-order valence-electron chi connectivity index (χ2n) is 6.44. The average Bonchev–Trinajstić information content (AvgIpc) is 3.09. The zero-order chi connectivity index (χ0) is 19.2. The monoisotopic (exact) mass is 382 g/mol. The van der Waals surface area contributed by atoms with Gasteiger partial charge in [0.15, 0.2) is 0 Å². The Morgan fingerprint density at radius 1 is 1.07 bits per heavy atom. The summed E-state index contributed by atoms with van der Waals surface area (Å²) in [6.45, 7) is 0. The highest BCUT2D eigenvalue weighted by molar-refractivity contribution is 7.18. The lowest BCUT2D eigenvalue weighted by Crippen LogP contribution is -2.31. The molecule has 0 saturated heterocycles. The van der Waals surface area contributed by atoms with Gasteiger partial charge in [-0.05, 0) is 25.0 Å². The Balaban J connectivity index is 1.58. The normalized spacial score (nSPS) is 11.9. The minimum Gasteiger partial charge on any atom is -0.447 e. The maximum atomic E-state index is 12.4. The number of para-hydroxylation sites is 1. The molecule has 0 aliphatic carbocycles. The minimum absolute atomic E-state index is 0.249. The Morgan fingerprint density at radius 3 is 2.48 bits per heavy atom. The third-order valence-electron chi connectivity index (χ3n) is 4.13. The molecule has 0 unspecified atom stereocenters. The summed E-state index contributed by atoms with van der Waals surface area (Å²) < 4.78 is 6.66. The predicted molar refractivity (Wildman–Crippen MR) is 107 cm³/mol. The van der Waals surface area contributed by atoms with Gasteiger partial charge in [-0.1, -0.05) is 42.5 Å². The van der Waals surface area contributed by atoms with Crippen LogP contribution in [0.2, 0.25) is 0 Å². The molecule has 0 saturated carbocycles. The predicted octanol–water partition coefficient (Wildman–Crippen LogP) is 3.99. The number of aryl methyl sites for hydroxylation is 1. The standard InChI is InChI=1S/C21H22N2O3S/c1-23(2)21(25)20(15-9-4-3-5-10-15)26-19(24)14-8-13-18-22-16-11-6-7-12-17(16)27-18/h3-7,9-12,20H,8,13-14H2,1-2H3/t20-/m0/s1. The highest BCUT2D eigenvalue weighted by atomic mass is 32.1. The number of nitrogens with zero attached hydrogens (tertiary/aromatic N) is 2. The van der Waals surface area contributed by atoms with Gasteiger partial charge in [-0.15, -0.1) is 11.3 Å². The van der Waals surface area contributed by atoms with Gasteiger partial charge >= 0.3 is 5.97 Å². The molecular weight excluding hydrogens is 360 g/mol. The molecule has 5 nitrogen and oxygen atoms in total. The fourth-order valence-electron chi connectivity index (χ4n) is 2.72. The van der Waals surface area contributed by atoms with Crippen molar-refractivity contribution in [1.82, 2.24) is 9.88 Å². The fraction of sp³-hybridized carbons (Fsp3) is 0.286. The van der Waals surface area contributed by atoms with E-state index in [2.05, 4.69) is 4.98 Å². The molecular formula is C21H22N2O3S. The average molecular weight is 382 g/mol. The highest BCUT2D eigenvalue weighted by Gasteiger charge is 2.26. The summed E-state index contributed by atoms with van der Waals surface area (Å²) in [6, 6.07) is 17.1. The summed E-state index contributed by atoms with van der Waals surface area (Å²) in [5.41, 5.74) is 1.66. The fourth-order valence-corrected chi connectivity index (χ4v) is 3.73. The molecule has 0 bridgehead atoms. The van der Waals surface area contributed by atoms with Crippen molar-refractivity contribution in [2.24, 2.45) is 0 Å². The second-order valence-corrected chi connectivity index (χ2v) is 7.56. The number of esters is 1. The Hall–Kier alpha value is -2.73. The molecule has 3 rings (SSSR count). The van der Waals surface area contributed by atoms with Crippen LogP contribution in [0.25, 0.3) is 10.2 Å². The second kappa shape index (κ2) is 8.77. The maximum Gasteiger partial charge on any atom is 0.306 e. The van der Waals surface area contributed by atoms with Crippen molar-refractivity contribution in [3.63, 3.8) is 0 Å². The van der Waals surface area contributed by atoms with Crippen LogP contribution in [0.5, 0.6) is 0 Å². The van der Waals surface area contributed by atoms with Gasteiger partial charge in [-0.2, -0.15) is 0 Å². The van der Waals surface area contributed by atoms with Gasteiger partial charge in [0.05, 0.1) is 15.2 Å². The van der Waals surface area contributed by atoms with Crippen LogP contribution in [0.3, 0.4) is 0 Å². The number of carbonyl (C=O) groups excluding carboxylic acids is 2. The van der Waals surface area contributed by atoms with Gasteiger partial charge in [0.25, 0.3) is 5.91 Å². The molecule has 0 N–H and O–H groups in total. The topological polar surface area (TPSA) is 59.5 Å². The van der Waals surface area contributed by atoms with Gasteiger partial charge < -0.3 is 9.64 Å². The lowest BCUT2D eigenvalue weighted by molar-refractivity contribution is -0.159. The van der Waals surface area contributed by atoms with Crippen LogP contribution in [0.4, 0.5) is 0 Å². The van der Waals surface area contributed by atoms with Gasteiger partial charge in [0.1, 0.15) is 0 Å². The van der Waals surface area contributed by atoms with Crippen molar-refractivity contribution in [3.05, 3.63) is 65.2 Å². The van der Waals surface area contributed by atoms with Crippen LogP contribution < -0.4 is 0 Å². The van der Waals surface area contributed by atoms with E-state index in [1.807, 2.05) is 42.5 Å². The SMILES string of the molecule is CN(C)C(=O)[C@@H](OC(=O)CCCc1nc2ccccc2s1)c1ccccc1. The number of hydrogen-bond acceptors (Lipinski definition) is 5. The van der Waals surface area contributed by atoms with Crippen molar-refractivity contribution >= 4 is 33.4 Å². The highest BCUT2D eigenvalue weighted by Crippen LogP contribution is 2.24. The third-order valence-corrected chi connectivity index (χ3v) is 5.22. The van der Waals surface area contributed by atoms with Crippen molar-refractivity contribution in [2.75, 3.05) is 14.1 Å². The van der Waals surface area contributed by atoms with E-state index in [0.29, 0.717) is 18.4 Å². The van der Waals surface area contributed by atoms with E-state index < -0.39 is 6.10 Å². The van der Waals surface area contributed by atoms with Crippen LogP contribution in [-0.2, 0) is 20.7 Å². The molecule has 0 aliphatic rings. The lowest BCUT2D eigenvalue weighted by atomic mass is 10.1. The summed E-state index contributed by atoms with van der Waals surface area (Å²) in [4.78, 5) is 30.7. The zero-order valence-electron chi connectivity index (χ0n) is 15.4. The minimum atomic E-state index is -0.906. The van der Waals surface area contributed by atoms with Crippen molar-refractivity contribution in [1.29, 1.82) is 0 Å². The molecule has 1 atom stereocenters. The molecule has 140 valence electrons. The molecule has 6 heteroatoms. The molecule has 1 amide bonds. The summed E-state index contributed by atoms with van der Waals surface area (Å²) in [7, 11) is 3.30. The molecule has 0 spiro atoms. The molecule has 0 fully saturated rings. The van der Waals surface area contributed by atoms with Gasteiger partial charge in [0.2, 0.25) is 6.10 Å². The lowest BCUT2D eigenvalue weighted by Gasteiger charge is -2.21. The van der Waals surface area contributed by atoms with E-state index in [-0.39, 0.29) is 18.3 Å². The first-order chi connectivity index (χ1) is 13.0. The largest absolute Gasteiger partial charge is 0.447 e. The number of aromatic nitrogens is 1. The van der Waals surface area contributed by atoms with Crippen LogP contribution in [0.1, 0.15) is 29.5 Å². The number of carbonyl (C=O) groups is 2. The first kappa shape index (κ1) is 19.0. The third kappa shape index (κ3) is 4.92. The Bertz CT molecular complexity index is 888. The summed E-state index contributed by atoms with van der Waals surface area (Å²) >= 11 is 1.64. The zero-order valence-corrected chi connectivity index (χ0v) is 16.2.